The first-order valence-corrected chi connectivity index (χ1v) is 11.4. The molecular weight excluding hydrogens is 431 g/mol. The molecule has 158 valence electrons. The molecule has 12 heteroatoms. The number of fused-ring (bicyclic) bond motifs is 1. The summed E-state index contributed by atoms with van der Waals surface area (Å²) in [6.45, 7) is 3.99. The van der Waals surface area contributed by atoms with Gasteiger partial charge in [-0.2, -0.15) is 0 Å². The minimum Gasteiger partial charge on any atom is -0.424 e. The van der Waals surface area contributed by atoms with E-state index in [1.54, 1.807) is 29.7 Å². The molecule has 0 radical (unpaired) electrons. The number of rotatable bonds is 7. The third-order valence-corrected chi connectivity index (χ3v) is 6.71. The van der Waals surface area contributed by atoms with E-state index >= 15 is 0 Å². The number of allylic oxidation sites excluding steroid dienone is 1. The van der Waals surface area contributed by atoms with E-state index in [9.17, 15) is 12.8 Å². The van der Waals surface area contributed by atoms with Gasteiger partial charge in [0.2, 0.25) is 10.0 Å². The summed E-state index contributed by atoms with van der Waals surface area (Å²) in [5, 5.41) is 8.11. The molecule has 30 heavy (non-hydrogen) atoms. The Morgan fingerprint density at radius 3 is 2.83 bits per heavy atom. The molecule has 1 aromatic carbocycles. The molecule has 4 rings (SSSR count). The van der Waals surface area contributed by atoms with Crippen LogP contribution in [0.1, 0.15) is 25.7 Å². The standard InChI is InChI=1S/C18H19FN6O3S2/c1-3-25-17(20-21-18(25)28-13-6-4-12(19)5-7-13)11(2)24-30(26,27)14-8-9-15-16(10-14)23-29-22-15/h4-11,15,22,24H,3H2,1-2H3/t11-,15?/m1/s1. The van der Waals surface area contributed by atoms with Gasteiger partial charge in [0.05, 0.1) is 34.8 Å². The van der Waals surface area contributed by atoms with Crippen LogP contribution in [-0.4, -0.2) is 34.9 Å². The Morgan fingerprint density at radius 2 is 2.10 bits per heavy atom. The van der Waals surface area contributed by atoms with Crippen molar-refractivity contribution in [3.05, 3.63) is 59.0 Å². The lowest BCUT2D eigenvalue weighted by Crippen LogP contribution is -2.32. The van der Waals surface area contributed by atoms with Crippen molar-refractivity contribution in [1.82, 2.24) is 24.2 Å². The second kappa shape index (κ2) is 8.30. The van der Waals surface area contributed by atoms with Gasteiger partial charge in [-0.15, -0.1) is 5.10 Å². The average molecular weight is 451 g/mol. The van der Waals surface area contributed by atoms with Crippen molar-refractivity contribution in [3.63, 3.8) is 0 Å². The van der Waals surface area contributed by atoms with Crippen molar-refractivity contribution in [2.75, 3.05) is 0 Å². The highest BCUT2D eigenvalue weighted by molar-refractivity contribution is 7.96. The number of hydrogen-bond donors (Lipinski definition) is 2. The number of halogens is 1. The third-order valence-electron chi connectivity index (χ3n) is 4.51. The number of nitrogens with one attached hydrogen (secondary N) is 2. The molecule has 2 aromatic rings. The monoisotopic (exact) mass is 450 g/mol. The molecule has 1 aromatic heterocycles. The van der Waals surface area contributed by atoms with E-state index in [2.05, 4.69) is 24.0 Å². The van der Waals surface area contributed by atoms with Crippen molar-refractivity contribution < 1.29 is 17.5 Å². The quantitative estimate of drug-likeness (QED) is 0.624. The van der Waals surface area contributed by atoms with Crippen molar-refractivity contribution in [1.29, 1.82) is 0 Å². The van der Waals surface area contributed by atoms with E-state index in [0.717, 1.165) is 0 Å². The Kier molecular flexibility index (Phi) is 5.73. The van der Waals surface area contributed by atoms with Gasteiger partial charge in [0.25, 0.3) is 0 Å². The molecule has 0 bridgehead atoms. The molecular formula is C18H19FN6O3S2. The lowest BCUT2D eigenvalue weighted by molar-refractivity contribution is 0.407. The fourth-order valence-electron chi connectivity index (χ4n) is 3.01. The van der Waals surface area contributed by atoms with E-state index in [4.69, 9.17) is 4.74 Å². The van der Waals surface area contributed by atoms with Crippen LogP contribution in [-0.2, 0) is 16.6 Å². The van der Waals surface area contributed by atoms with Crippen LogP contribution in [0, 0.1) is 5.82 Å². The number of ether oxygens (including phenoxy) is 1. The first-order valence-electron chi connectivity index (χ1n) is 9.15. The molecule has 0 amide bonds. The van der Waals surface area contributed by atoms with Crippen molar-refractivity contribution >= 4 is 27.9 Å². The Hall–Kier alpha value is -2.54. The summed E-state index contributed by atoms with van der Waals surface area (Å²) in [6, 6.07) is 4.94. The van der Waals surface area contributed by atoms with Gasteiger partial charge in [0, 0.05) is 6.54 Å². The molecule has 2 heterocycles. The second-order valence-corrected chi connectivity index (χ2v) is 8.91. The van der Waals surface area contributed by atoms with Crippen molar-refractivity contribution in [3.8, 4) is 11.8 Å². The lowest BCUT2D eigenvalue weighted by Gasteiger charge is -2.17. The van der Waals surface area contributed by atoms with Crippen LogP contribution in [0.15, 0.2) is 51.8 Å². The van der Waals surface area contributed by atoms with Gasteiger partial charge in [0.1, 0.15) is 11.6 Å². The molecule has 0 saturated carbocycles. The minimum atomic E-state index is -3.81. The lowest BCUT2D eigenvalue weighted by atomic mass is 10.1. The van der Waals surface area contributed by atoms with Crippen molar-refractivity contribution in [2.24, 2.45) is 4.40 Å². The van der Waals surface area contributed by atoms with Gasteiger partial charge in [-0.1, -0.05) is 11.2 Å². The molecule has 9 nitrogen and oxygen atoms in total. The fraction of sp³-hybridized carbons (Fsp3) is 0.278. The molecule has 0 saturated heterocycles. The van der Waals surface area contributed by atoms with E-state index in [0.29, 0.717) is 23.8 Å². The summed E-state index contributed by atoms with van der Waals surface area (Å²) >= 11 is 1.18. The van der Waals surface area contributed by atoms with Crippen LogP contribution in [0.25, 0.3) is 0 Å². The molecule has 2 atom stereocenters. The summed E-state index contributed by atoms with van der Waals surface area (Å²) in [7, 11) is -3.81. The van der Waals surface area contributed by atoms with E-state index in [1.165, 1.54) is 36.4 Å². The van der Waals surface area contributed by atoms with Gasteiger partial charge in [-0.25, -0.2) is 26.7 Å². The molecule has 2 aliphatic rings. The van der Waals surface area contributed by atoms with Crippen LogP contribution in [0.4, 0.5) is 4.39 Å². The second-order valence-electron chi connectivity index (χ2n) is 6.59. The molecule has 0 fully saturated rings. The van der Waals surface area contributed by atoms with Gasteiger partial charge >= 0.3 is 6.01 Å². The SMILES string of the molecule is CCn1c(Oc2ccc(F)cc2)nnc1[C@@H](C)NS(=O)(=O)C1=CC2=NSNC2C=C1. The van der Waals surface area contributed by atoms with Crippen LogP contribution in [0.2, 0.25) is 0 Å². The number of benzene rings is 1. The number of aromatic nitrogens is 3. The third kappa shape index (κ3) is 4.17. The Morgan fingerprint density at radius 1 is 1.33 bits per heavy atom. The predicted octanol–water partition coefficient (Wildman–Crippen LogP) is 2.64. The zero-order chi connectivity index (χ0) is 21.3. The summed E-state index contributed by atoms with van der Waals surface area (Å²) in [4.78, 5) is 0.124. The van der Waals surface area contributed by atoms with E-state index < -0.39 is 16.1 Å². The number of nitrogens with zero attached hydrogens (tertiary/aromatic N) is 4. The van der Waals surface area contributed by atoms with Gasteiger partial charge in [0.15, 0.2) is 5.82 Å². The summed E-state index contributed by atoms with van der Waals surface area (Å²) in [6.07, 6.45) is 4.84. The fourth-order valence-corrected chi connectivity index (χ4v) is 4.89. The van der Waals surface area contributed by atoms with Crippen LogP contribution < -0.4 is 14.2 Å². The number of hydrogen-bond acceptors (Lipinski definition) is 8. The first-order chi connectivity index (χ1) is 14.4. The first kappa shape index (κ1) is 20.7. The zero-order valence-electron chi connectivity index (χ0n) is 16.1. The van der Waals surface area contributed by atoms with Crippen LogP contribution in [0.3, 0.4) is 0 Å². The largest absolute Gasteiger partial charge is 0.424 e. The van der Waals surface area contributed by atoms with Crippen LogP contribution in [0.5, 0.6) is 11.8 Å². The highest BCUT2D eigenvalue weighted by atomic mass is 32.2. The molecule has 1 unspecified atom stereocenters. The average Bonchev–Trinajstić information content (AvgIpc) is 3.35. The molecule has 1 aliphatic heterocycles. The van der Waals surface area contributed by atoms with Gasteiger partial charge in [-0.3, -0.25) is 4.57 Å². The van der Waals surface area contributed by atoms with Crippen molar-refractivity contribution in [2.45, 2.75) is 32.5 Å². The normalized spacial score (nSPS) is 19.2. The predicted molar refractivity (Wildman–Crippen MR) is 112 cm³/mol. The maximum Gasteiger partial charge on any atom is 0.322 e. The maximum atomic E-state index is 13.1. The molecule has 0 spiro atoms. The topological polar surface area (TPSA) is 110 Å². The Balaban J connectivity index is 1.53. The van der Waals surface area contributed by atoms with E-state index in [1.807, 2.05) is 6.92 Å². The Labute approximate surface area is 177 Å². The maximum absolute atomic E-state index is 13.1. The molecule has 1 aliphatic carbocycles. The zero-order valence-corrected chi connectivity index (χ0v) is 17.7. The summed E-state index contributed by atoms with van der Waals surface area (Å²) < 4.78 is 56.0. The highest BCUT2D eigenvalue weighted by Crippen LogP contribution is 2.25. The highest BCUT2D eigenvalue weighted by Gasteiger charge is 2.28. The molecule has 2 N–H and O–H groups in total. The van der Waals surface area contributed by atoms with Crippen LogP contribution >= 0.6 is 12.1 Å². The number of sulfonamides is 1. The summed E-state index contributed by atoms with van der Waals surface area (Å²) in [5.74, 6) is 0.416. The van der Waals surface area contributed by atoms with E-state index in [-0.39, 0.29) is 22.8 Å². The van der Waals surface area contributed by atoms with Gasteiger partial charge < -0.3 is 4.74 Å². The summed E-state index contributed by atoms with van der Waals surface area (Å²) in [5.41, 5.74) is 0.655. The van der Waals surface area contributed by atoms with Gasteiger partial charge in [-0.05, 0) is 50.3 Å². The Bertz CT molecular complexity index is 1140. The smallest absolute Gasteiger partial charge is 0.322 e. The minimum absolute atomic E-state index is 0.0827.